The van der Waals surface area contributed by atoms with Gasteiger partial charge in [0.1, 0.15) is 0 Å². The first-order chi connectivity index (χ1) is 10.1. The summed E-state index contributed by atoms with van der Waals surface area (Å²) in [5.41, 5.74) is 0. The summed E-state index contributed by atoms with van der Waals surface area (Å²) in [5, 5.41) is 0. The lowest BCUT2D eigenvalue weighted by Gasteiger charge is -2.34. The zero-order valence-corrected chi connectivity index (χ0v) is 13.2. The molecule has 0 aromatic heterocycles. The molecule has 1 amide bonds. The van der Waals surface area contributed by atoms with Crippen LogP contribution in [-0.2, 0) is 23.8 Å². The lowest BCUT2D eigenvalue weighted by molar-refractivity contribution is -0.144. The second kappa shape index (κ2) is 9.70. The molecule has 0 aliphatic carbocycles. The minimum absolute atomic E-state index is 0.0688. The molecule has 1 atom stereocenters. The molecule has 1 aliphatic rings. The van der Waals surface area contributed by atoms with Crippen molar-refractivity contribution in [2.45, 2.75) is 19.4 Å². The molecular weight excluding hydrogens is 276 g/mol. The maximum Gasteiger partial charge on any atom is 0.306 e. The molecule has 7 heteroatoms. The van der Waals surface area contributed by atoms with Gasteiger partial charge in [0.05, 0.1) is 39.4 Å². The highest BCUT2D eigenvalue weighted by Crippen LogP contribution is 2.08. The van der Waals surface area contributed by atoms with Gasteiger partial charge in [-0.3, -0.25) is 14.5 Å². The number of carbonyl (C=O) groups is 2. The SMILES string of the molecule is COCCN(CCC(=O)OC)C(C)C(=O)N1CCOCC1. The molecule has 0 N–H and O–H groups in total. The Bertz CT molecular complexity index is 331. The zero-order valence-electron chi connectivity index (χ0n) is 13.2. The molecule has 0 aromatic rings. The summed E-state index contributed by atoms with van der Waals surface area (Å²) in [6.07, 6.45) is 0.265. The molecule has 0 radical (unpaired) electrons. The number of hydrogen-bond acceptors (Lipinski definition) is 6. The Balaban J connectivity index is 2.57. The normalized spacial score (nSPS) is 16.9. The van der Waals surface area contributed by atoms with Gasteiger partial charge in [0.15, 0.2) is 0 Å². The summed E-state index contributed by atoms with van der Waals surface area (Å²) in [4.78, 5) is 27.5. The molecule has 122 valence electrons. The molecule has 1 aliphatic heterocycles. The van der Waals surface area contributed by atoms with Crippen molar-refractivity contribution >= 4 is 11.9 Å². The highest BCUT2D eigenvalue weighted by atomic mass is 16.5. The van der Waals surface area contributed by atoms with Gasteiger partial charge in [-0.1, -0.05) is 0 Å². The molecule has 0 saturated carbocycles. The number of rotatable bonds is 8. The predicted octanol–water partition coefficient (Wildman–Crippen LogP) is -0.255. The summed E-state index contributed by atoms with van der Waals surface area (Å²) in [6.45, 7) is 5.87. The van der Waals surface area contributed by atoms with Crippen LogP contribution in [0.1, 0.15) is 13.3 Å². The maximum absolute atomic E-state index is 12.5. The largest absolute Gasteiger partial charge is 0.469 e. The zero-order chi connectivity index (χ0) is 15.7. The van der Waals surface area contributed by atoms with E-state index in [4.69, 9.17) is 9.47 Å². The highest BCUT2D eigenvalue weighted by molar-refractivity contribution is 5.81. The van der Waals surface area contributed by atoms with Gasteiger partial charge in [-0.15, -0.1) is 0 Å². The van der Waals surface area contributed by atoms with Crippen LogP contribution in [0, 0.1) is 0 Å². The van der Waals surface area contributed by atoms with Crippen molar-refractivity contribution in [3.05, 3.63) is 0 Å². The van der Waals surface area contributed by atoms with Crippen molar-refractivity contribution in [2.75, 3.05) is 60.2 Å². The van der Waals surface area contributed by atoms with Gasteiger partial charge in [0, 0.05) is 33.3 Å². The van der Waals surface area contributed by atoms with Gasteiger partial charge in [0.2, 0.25) is 5.91 Å². The van der Waals surface area contributed by atoms with Crippen LogP contribution in [0.4, 0.5) is 0 Å². The van der Waals surface area contributed by atoms with Crippen molar-refractivity contribution in [1.29, 1.82) is 0 Å². The van der Waals surface area contributed by atoms with Crippen molar-refractivity contribution in [2.24, 2.45) is 0 Å². The second-order valence-electron chi connectivity index (χ2n) is 4.97. The van der Waals surface area contributed by atoms with E-state index in [0.717, 1.165) is 0 Å². The van der Waals surface area contributed by atoms with E-state index in [0.29, 0.717) is 46.0 Å². The fourth-order valence-corrected chi connectivity index (χ4v) is 2.25. The van der Waals surface area contributed by atoms with Gasteiger partial charge in [-0.05, 0) is 6.92 Å². The monoisotopic (exact) mass is 302 g/mol. The molecule has 1 unspecified atom stereocenters. The lowest BCUT2D eigenvalue weighted by atomic mass is 10.2. The Hall–Kier alpha value is -1.18. The maximum atomic E-state index is 12.5. The van der Waals surface area contributed by atoms with Crippen molar-refractivity contribution in [1.82, 2.24) is 9.80 Å². The van der Waals surface area contributed by atoms with E-state index in [1.54, 1.807) is 7.11 Å². The first kappa shape index (κ1) is 17.9. The number of morpholine rings is 1. The molecule has 21 heavy (non-hydrogen) atoms. The average Bonchev–Trinajstić information content (AvgIpc) is 2.54. The van der Waals surface area contributed by atoms with E-state index in [9.17, 15) is 9.59 Å². The van der Waals surface area contributed by atoms with Gasteiger partial charge in [-0.2, -0.15) is 0 Å². The third kappa shape index (κ3) is 5.99. The van der Waals surface area contributed by atoms with Crippen LogP contribution in [-0.4, -0.2) is 87.9 Å². The van der Waals surface area contributed by atoms with Crippen LogP contribution in [0.5, 0.6) is 0 Å². The molecule has 7 nitrogen and oxygen atoms in total. The number of amides is 1. The molecule has 0 aromatic carbocycles. The summed E-state index contributed by atoms with van der Waals surface area (Å²) >= 11 is 0. The Labute approximate surface area is 126 Å². The van der Waals surface area contributed by atoms with Crippen molar-refractivity contribution < 1.29 is 23.8 Å². The highest BCUT2D eigenvalue weighted by Gasteiger charge is 2.27. The summed E-state index contributed by atoms with van der Waals surface area (Å²) in [7, 11) is 2.98. The lowest BCUT2D eigenvalue weighted by Crippen LogP contribution is -2.51. The Kier molecular flexibility index (Phi) is 8.26. The Morgan fingerprint density at radius 1 is 1.24 bits per heavy atom. The van der Waals surface area contributed by atoms with Crippen LogP contribution >= 0.6 is 0 Å². The molecule has 0 bridgehead atoms. The minimum Gasteiger partial charge on any atom is -0.469 e. The van der Waals surface area contributed by atoms with Crippen LogP contribution in [0.3, 0.4) is 0 Å². The predicted molar refractivity (Wildman–Crippen MR) is 76.9 cm³/mol. The molecular formula is C14H26N2O5. The first-order valence-electron chi connectivity index (χ1n) is 7.26. The third-order valence-electron chi connectivity index (χ3n) is 3.64. The van der Waals surface area contributed by atoms with E-state index in [-0.39, 0.29) is 24.3 Å². The van der Waals surface area contributed by atoms with Gasteiger partial charge in [0.25, 0.3) is 0 Å². The summed E-state index contributed by atoms with van der Waals surface area (Å²) < 4.78 is 15.0. The van der Waals surface area contributed by atoms with E-state index in [2.05, 4.69) is 4.74 Å². The number of carbonyl (C=O) groups excluding carboxylic acids is 2. The number of methoxy groups -OCH3 is 2. The smallest absolute Gasteiger partial charge is 0.306 e. The van der Waals surface area contributed by atoms with Crippen LogP contribution in [0.2, 0.25) is 0 Å². The fraction of sp³-hybridized carbons (Fsp3) is 0.857. The molecule has 1 fully saturated rings. The van der Waals surface area contributed by atoms with Crippen molar-refractivity contribution in [3.8, 4) is 0 Å². The van der Waals surface area contributed by atoms with Crippen molar-refractivity contribution in [3.63, 3.8) is 0 Å². The van der Waals surface area contributed by atoms with E-state index < -0.39 is 0 Å². The Morgan fingerprint density at radius 2 is 1.90 bits per heavy atom. The number of esters is 1. The summed E-state index contributed by atoms with van der Waals surface area (Å²) in [6, 6.07) is -0.289. The van der Waals surface area contributed by atoms with Crippen LogP contribution < -0.4 is 0 Å². The van der Waals surface area contributed by atoms with Crippen LogP contribution in [0.25, 0.3) is 0 Å². The summed E-state index contributed by atoms with van der Waals surface area (Å²) in [5.74, 6) is -0.206. The van der Waals surface area contributed by atoms with E-state index in [1.807, 2.05) is 16.7 Å². The average molecular weight is 302 g/mol. The van der Waals surface area contributed by atoms with Gasteiger partial charge < -0.3 is 19.1 Å². The number of nitrogens with zero attached hydrogens (tertiary/aromatic N) is 2. The first-order valence-corrected chi connectivity index (χ1v) is 7.26. The minimum atomic E-state index is -0.289. The number of hydrogen-bond donors (Lipinski definition) is 0. The quantitative estimate of drug-likeness (QED) is 0.576. The molecule has 1 heterocycles. The topological polar surface area (TPSA) is 68.3 Å². The second-order valence-corrected chi connectivity index (χ2v) is 4.97. The molecule has 0 spiro atoms. The molecule has 1 saturated heterocycles. The third-order valence-corrected chi connectivity index (χ3v) is 3.64. The number of ether oxygens (including phenoxy) is 3. The van der Waals surface area contributed by atoms with Crippen LogP contribution in [0.15, 0.2) is 0 Å². The Morgan fingerprint density at radius 3 is 2.48 bits per heavy atom. The van der Waals surface area contributed by atoms with Gasteiger partial charge in [-0.25, -0.2) is 0 Å². The molecule has 1 rings (SSSR count). The van der Waals surface area contributed by atoms with E-state index in [1.165, 1.54) is 7.11 Å². The van der Waals surface area contributed by atoms with E-state index >= 15 is 0 Å². The standard InChI is InChI=1S/C14H26N2O5/c1-12(14(18)16-7-10-21-11-8-16)15(6-9-19-2)5-4-13(17)20-3/h12H,4-11H2,1-3H3. The fourth-order valence-electron chi connectivity index (χ4n) is 2.25. The van der Waals surface area contributed by atoms with Gasteiger partial charge >= 0.3 is 5.97 Å².